The molecule has 2 aromatic rings. The third kappa shape index (κ3) is 3.25. The minimum absolute atomic E-state index is 0.563. The van der Waals surface area contributed by atoms with Gasteiger partial charge < -0.3 is 15.4 Å². The Morgan fingerprint density at radius 1 is 1.18 bits per heavy atom. The zero-order valence-corrected chi connectivity index (χ0v) is 13.4. The van der Waals surface area contributed by atoms with Gasteiger partial charge in [-0.05, 0) is 47.2 Å². The van der Waals surface area contributed by atoms with E-state index in [0.717, 1.165) is 31.8 Å². The fourth-order valence-electron chi connectivity index (χ4n) is 3.16. The van der Waals surface area contributed by atoms with E-state index in [-0.39, 0.29) is 0 Å². The van der Waals surface area contributed by atoms with Gasteiger partial charge in [-0.1, -0.05) is 31.2 Å². The van der Waals surface area contributed by atoms with E-state index >= 15 is 0 Å². The molecule has 22 heavy (non-hydrogen) atoms. The quantitative estimate of drug-likeness (QED) is 0.885. The number of ether oxygens (including phenoxy) is 1. The highest BCUT2D eigenvalue weighted by Gasteiger charge is 2.18. The second kappa shape index (κ2) is 6.84. The normalized spacial score (nSPS) is 16.9. The third-order valence-corrected chi connectivity index (χ3v) is 4.34. The first kappa shape index (κ1) is 14.9. The lowest BCUT2D eigenvalue weighted by atomic mass is 9.90. The molecule has 3 heteroatoms. The summed E-state index contributed by atoms with van der Waals surface area (Å²) in [7, 11) is 1.70. The molecular weight excluding hydrogens is 272 g/mol. The molecule has 2 N–H and O–H groups in total. The molecule has 1 aliphatic heterocycles. The number of hydrogen-bond donors (Lipinski definition) is 2. The Morgan fingerprint density at radius 2 is 2.00 bits per heavy atom. The Hall–Kier alpha value is -2.00. The van der Waals surface area contributed by atoms with E-state index in [1.54, 1.807) is 7.11 Å². The third-order valence-electron chi connectivity index (χ3n) is 4.34. The van der Waals surface area contributed by atoms with Crippen LogP contribution in [0.4, 0.5) is 5.69 Å². The highest BCUT2D eigenvalue weighted by Crippen LogP contribution is 2.30. The van der Waals surface area contributed by atoms with Gasteiger partial charge in [0, 0.05) is 25.3 Å². The summed E-state index contributed by atoms with van der Waals surface area (Å²) in [6, 6.07) is 14.9. The lowest BCUT2D eigenvalue weighted by Gasteiger charge is -2.26. The Balaban J connectivity index is 1.64. The lowest BCUT2D eigenvalue weighted by Crippen LogP contribution is -2.27. The van der Waals surface area contributed by atoms with Crippen molar-refractivity contribution >= 4 is 5.69 Å². The van der Waals surface area contributed by atoms with Crippen LogP contribution in [-0.2, 0) is 13.0 Å². The molecule has 0 saturated heterocycles. The molecule has 1 aliphatic rings. The Bertz CT molecular complexity index is 622. The highest BCUT2D eigenvalue weighted by atomic mass is 16.5. The van der Waals surface area contributed by atoms with Gasteiger partial charge in [-0.25, -0.2) is 0 Å². The van der Waals surface area contributed by atoms with Crippen molar-refractivity contribution < 1.29 is 4.74 Å². The summed E-state index contributed by atoms with van der Waals surface area (Å²) in [5.74, 6) is 1.48. The SMILES string of the molecule is COc1ccc(CCNc2cccc3c2C(C)CNC3)cc1. The maximum Gasteiger partial charge on any atom is 0.118 e. The molecule has 0 aromatic heterocycles. The van der Waals surface area contributed by atoms with Crippen molar-refractivity contribution in [2.24, 2.45) is 0 Å². The smallest absolute Gasteiger partial charge is 0.118 e. The lowest BCUT2D eigenvalue weighted by molar-refractivity contribution is 0.414. The van der Waals surface area contributed by atoms with Crippen molar-refractivity contribution in [1.29, 1.82) is 0 Å². The predicted octanol–water partition coefficient (Wildman–Crippen LogP) is 3.56. The van der Waals surface area contributed by atoms with Crippen molar-refractivity contribution in [2.75, 3.05) is 25.5 Å². The second-order valence-corrected chi connectivity index (χ2v) is 5.94. The average molecular weight is 296 g/mol. The summed E-state index contributed by atoms with van der Waals surface area (Å²) in [4.78, 5) is 0. The van der Waals surface area contributed by atoms with Crippen LogP contribution in [0.1, 0.15) is 29.5 Å². The fourth-order valence-corrected chi connectivity index (χ4v) is 3.16. The summed E-state index contributed by atoms with van der Waals surface area (Å²) >= 11 is 0. The minimum atomic E-state index is 0.563. The second-order valence-electron chi connectivity index (χ2n) is 5.94. The maximum absolute atomic E-state index is 5.20. The first-order valence-electron chi connectivity index (χ1n) is 7.97. The van der Waals surface area contributed by atoms with Crippen LogP contribution in [0.3, 0.4) is 0 Å². The molecule has 0 amide bonds. The fraction of sp³-hybridized carbons (Fsp3) is 0.368. The Labute approximate surface area is 132 Å². The van der Waals surface area contributed by atoms with Gasteiger partial charge in [0.25, 0.3) is 0 Å². The topological polar surface area (TPSA) is 33.3 Å². The number of methoxy groups -OCH3 is 1. The van der Waals surface area contributed by atoms with E-state index in [1.807, 2.05) is 12.1 Å². The van der Waals surface area contributed by atoms with Crippen molar-refractivity contribution in [1.82, 2.24) is 5.32 Å². The molecule has 0 saturated carbocycles. The molecule has 0 spiro atoms. The molecule has 1 unspecified atom stereocenters. The van der Waals surface area contributed by atoms with E-state index in [2.05, 4.69) is 47.9 Å². The Morgan fingerprint density at radius 3 is 2.77 bits per heavy atom. The van der Waals surface area contributed by atoms with Crippen molar-refractivity contribution in [3.8, 4) is 5.75 Å². The standard InChI is InChI=1S/C19H24N2O/c1-14-12-20-13-16-4-3-5-18(19(14)16)21-11-10-15-6-8-17(22-2)9-7-15/h3-9,14,20-21H,10-13H2,1-2H3. The molecule has 1 atom stereocenters. The van der Waals surface area contributed by atoms with Crippen molar-refractivity contribution in [3.63, 3.8) is 0 Å². The van der Waals surface area contributed by atoms with Gasteiger partial charge in [-0.15, -0.1) is 0 Å². The zero-order valence-electron chi connectivity index (χ0n) is 13.4. The number of anilines is 1. The summed E-state index contributed by atoms with van der Waals surface area (Å²) in [6.45, 7) is 5.28. The van der Waals surface area contributed by atoms with Crippen LogP contribution in [0.15, 0.2) is 42.5 Å². The molecule has 0 fully saturated rings. The molecule has 0 bridgehead atoms. The number of nitrogens with one attached hydrogen (secondary N) is 2. The Kier molecular flexibility index (Phi) is 4.64. The molecule has 3 nitrogen and oxygen atoms in total. The molecule has 0 radical (unpaired) electrons. The van der Waals surface area contributed by atoms with Crippen LogP contribution < -0.4 is 15.4 Å². The van der Waals surface area contributed by atoms with Crippen molar-refractivity contribution in [2.45, 2.75) is 25.8 Å². The predicted molar refractivity (Wildman–Crippen MR) is 91.8 cm³/mol. The van der Waals surface area contributed by atoms with E-state index < -0.39 is 0 Å². The molecular formula is C19H24N2O. The van der Waals surface area contributed by atoms with Crippen LogP contribution in [0.5, 0.6) is 5.75 Å². The van der Waals surface area contributed by atoms with Crippen LogP contribution in [0.2, 0.25) is 0 Å². The maximum atomic E-state index is 5.20. The highest BCUT2D eigenvalue weighted by molar-refractivity contribution is 5.57. The molecule has 1 heterocycles. The summed E-state index contributed by atoms with van der Waals surface area (Å²) in [5.41, 5.74) is 5.53. The van der Waals surface area contributed by atoms with Crippen LogP contribution in [-0.4, -0.2) is 20.2 Å². The van der Waals surface area contributed by atoms with Gasteiger partial charge >= 0.3 is 0 Å². The summed E-state index contributed by atoms with van der Waals surface area (Å²) in [5, 5.41) is 7.09. The average Bonchev–Trinajstić information content (AvgIpc) is 2.56. The van der Waals surface area contributed by atoms with Crippen LogP contribution >= 0.6 is 0 Å². The van der Waals surface area contributed by atoms with Crippen LogP contribution in [0.25, 0.3) is 0 Å². The number of fused-ring (bicyclic) bond motifs is 1. The zero-order chi connectivity index (χ0) is 15.4. The van der Waals surface area contributed by atoms with Gasteiger partial charge in [0.05, 0.1) is 7.11 Å². The van der Waals surface area contributed by atoms with E-state index in [4.69, 9.17) is 4.74 Å². The van der Waals surface area contributed by atoms with Crippen molar-refractivity contribution in [3.05, 3.63) is 59.2 Å². The van der Waals surface area contributed by atoms with E-state index in [0.29, 0.717) is 5.92 Å². The first-order chi connectivity index (χ1) is 10.8. The largest absolute Gasteiger partial charge is 0.497 e. The molecule has 0 aliphatic carbocycles. The summed E-state index contributed by atoms with van der Waals surface area (Å²) < 4.78 is 5.20. The number of rotatable bonds is 5. The van der Waals surface area contributed by atoms with Gasteiger partial charge in [0.1, 0.15) is 5.75 Å². The van der Waals surface area contributed by atoms with E-state index in [9.17, 15) is 0 Å². The van der Waals surface area contributed by atoms with Gasteiger partial charge in [0.2, 0.25) is 0 Å². The minimum Gasteiger partial charge on any atom is -0.497 e. The monoisotopic (exact) mass is 296 g/mol. The van der Waals surface area contributed by atoms with Crippen LogP contribution in [0, 0.1) is 0 Å². The molecule has 2 aromatic carbocycles. The van der Waals surface area contributed by atoms with Gasteiger partial charge in [-0.3, -0.25) is 0 Å². The summed E-state index contributed by atoms with van der Waals surface area (Å²) in [6.07, 6.45) is 1.01. The number of benzene rings is 2. The molecule has 3 rings (SSSR count). The number of hydrogen-bond acceptors (Lipinski definition) is 3. The molecule has 116 valence electrons. The first-order valence-corrected chi connectivity index (χ1v) is 7.97. The van der Waals surface area contributed by atoms with Gasteiger partial charge in [0.15, 0.2) is 0 Å². The van der Waals surface area contributed by atoms with Gasteiger partial charge in [-0.2, -0.15) is 0 Å². The van der Waals surface area contributed by atoms with E-state index in [1.165, 1.54) is 22.4 Å².